The van der Waals surface area contributed by atoms with Crippen LogP contribution in [0.3, 0.4) is 0 Å². The Bertz CT molecular complexity index is 1180. The third-order valence-corrected chi connectivity index (χ3v) is 4.78. The van der Waals surface area contributed by atoms with Crippen LogP contribution in [0.1, 0.15) is 35.9 Å². The zero-order chi connectivity index (χ0) is 23.6. The zero-order valence-corrected chi connectivity index (χ0v) is 17.5. The van der Waals surface area contributed by atoms with Crippen LogP contribution in [0.5, 0.6) is 0 Å². The van der Waals surface area contributed by atoms with E-state index < -0.39 is 29.7 Å². The lowest BCUT2D eigenvalue weighted by Gasteiger charge is -2.15. The van der Waals surface area contributed by atoms with Crippen LogP contribution in [0.25, 0.3) is 5.78 Å². The van der Waals surface area contributed by atoms with Gasteiger partial charge in [-0.15, -0.1) is 5.10 Å². The SMILES string of the molecule is Cc1nc2nc(N)nn2c(C)c1CCC(=O)OC(C)C(=O)Nc1cccc(C(F)(F)F)c1. The molecule has 9 nitrogen and oxygen atoms in total. The van der Waals surface area contributed by atoms with Crippen LogP contribution >= 0.6 is 0 Å². The third kappa shape index (κ3) is 5.13. The lowest BCUT2D eigenvalue weighted by atomic mass is 10.1. The number of amides is 1. The maximum absolute atomic E-state index is 12.8. The highest BCUT2D eigenvalue weighted by Crippen LogP contribution is 2.30. The van der Waals surface area contributed by atoms with Crippen LogP contribution in [-0.2, 0) is 26.9 Å². The molecule has 0 aliphatic rings. The summed E-state index contributed by atoms with van der Waals surface area (Å²) in [5.74, 6) is -0.958. The molecule has 0 bridgehead atoms. The second kappa shape index (κ2) is 8.81. The minimum Gasteiger partial charge on any atom is -0.453 e. The minimum absolute atomic E-state index is 0.0414. The number of carbonyl (C=O) groups excluding carboxylic acids is 2. The number of rotatable bonds is 6. The quantitative estimate of drug-likeness (QED) is 0.553. The lowest BCUT2D eigenvalue weighted by Crippen LogP contribution is -2.30. The van der Waals surface area contributed by atoms with E-state index >= 15 is 0 Å². The number of nitrogens with two attached hydrogens (primary N) is 1. The maximum Gasteiger partial charge on any atom is 0.416 e. The van der Waals surface area contributed by atoms with Crippen molar-refractivity contribution in [3.63, 3.8) is 0 Å². The zero-order valence-electron chi connectivity index (χ0n) is 17.5. The molecule has 1 aromatic carbocycles. The number of nitrogen functional groups attached to an aromatic ring is 1. The second-order valence-corrected chi connectivity index (χ2v) is 7.14. The van der Waals surface area contributed by atoms with Gasteiger partial charge in [0.05, 0.1) is 5.56 Å². The number of nitrogens with zero attached hydrogens (tertiary/aromatic N) is 4. The molecular weight excluding hydrogens is 429 g/mol. The van der Waals surface area contributed by atoms with Gasteiger partial charge in [0, 0.05) is 23.5 Å². The van der Waals surface area contributed by atoms with Crippen molar-refractivity contribution in [1.82, 2.24) is 19.6 Å². The number of esters is 1. The predicted molar refractivity (Wildman–Crippen MR) is 109 cm³/mol. The largest absolute Gasteiger partial charge is 0.453 e. The Morgan fingerprint density at radius 3 is 2.66 bits per heavy atom. The van der Waals surface area contributed by atoms with E-state index in [2.05, 4.69) is 20.4 Å². The lowest BCUT2D eigenvalue weighted by molar-refractivity contribution is -0.153. The molecule has 2 heterocycles. The van der Waals surface area contributed by atoms with Crippen LogP contribution in [0.4, 0.5) is 24.8 Å². The molecule has 1 atom stereocenters. The number of hydrogen-bond donors (Lipinski definition) is 2. The summed E-state index contributed by atoms with van der Waals surface area (Å²) < 4.78 is 45.0. The summed E-state index contributed by atoms with van der Waals surface area (Å²) in [4.78, 5) is 32.8. The number of ether oxygens (including phenoxy) is 1. The van der Waals surface area contributed by atoms with Crippen molar-refractivity contribution >= 4 is 29.3 Å². The van der Waals surface area contributed by atoms with E-state index in [0.29, 0.717) is 11.5 Å². The summed E-state index contributed by atoms with van der Waals surface area (Å²) in [6, 6.07) is 4.18. The molecule has 12 heteroatoms. The molecule has 32 heavy (non-hydrogen) atoms. The first-order valence-corrected chi connectivity index (χ1v) is 9.61. The van der Waals surface area contributed by atoms with Crippen LogP contribution in [0, 0.1) is 13.8 Å². The Labute approximate surface area is 180 Å². The normalized spacial score (nSPS) is 12.6. The molecule has 3 rings (SSSR count). The number of halogens is 3. The molecule has 0 aliphatic carbocycles. The summed E-state index contributed by atoms with van der Waals surface area (Å²) in [6.07, 6.45) is -5.50. The Kier molecular flexibility index (Phi) is 6.32. The van der Waals surface area contributed by atoms with Gasteiger partial charge in [-0.05, 0) is 51.0 Å². The van der Waals surface area contributed by atoms with Crippen LogP contribution in [-0.4, -0.2) is 37.6 Å². The molecule has 0 radical (unpaired) electrons. The molecule has 1 unspecified atom stereocenters. The van der Waals surface area contributed by atoms with Gasteiger partial charge in [0.15, 0.2) is 6.10 Å². The van der Waals surface area contributed by atoms with Gasteiger partial charge in [0.1, 0.15) is 0 Å². The molecule has 3 N–H and O–H groups in total. The summed E-state index contributed by atoms with van der Waals surface area (Å²) in [6.45, 7) is 4.90. The Balaban J connectivity index is 1.59. The van der Waals surface area contributed by atoms with Crippen molar-refractivity contribution in [2.75, 3.05) is 11.1 Å². The van der Waals surface area contributed by atoms with Gasteiger partial charge in [-0.25, -0.2) is 4.98 Å². The fourth-order valence-corrected chi connectivity index (χ4v) is 3.14. The van der Waals surface area contributed by atoms with Crippen molar-refractivity contribution in [3.05, 3.63) is 46.8 Å². The highest BCUT2D eigenvalue weighted by molar-refractivity contribution is 5.95. The fraction of sp³-hybridized carbons (Fsp3) is 0.350. The molecule has 170 valence electrons. The van der Waals surface area contributed by atoms with Crippen molar-refractivity contribution in [2.24, 2.45) is 0 Å². The third-order valence-electron chi connectivity index (χ3n) is 4.78. The number of aryl methyl sites for hydroxylation is 2. The van der Waals surface area contributed by atoms with Crippen molar-refractivity contribution < 1.29 is 27.5 Å². The van der Waals surface area contributed by atoms with Crippen molar-refractivity contribution in [2.45, 2.75) is 45.9 Å². The summed E-state index contributed by atoms with van der Waals surface area (Å²) >= 11 is 0. The summed E-state index contributed by atoms with van der Waals surface area (Å²) in [5, 5.41) is 6.37. The topological polar surface area (TPSA) is 124 Å². The van der Waals surface area contributed by atoms with Gasteiger partial charge in [-0.1, -0.05) is 6.07 Å². The van der Waals surface area contributed by atoms with E-state index in [4.69, 9.17) is 10.5 Å². The average Bonchev–Trinajstić information content (AvgIpc) is 3.07. The molecule has 0 saturated carbocycles. The predicted octanol–water partition coefficient (Wildman–Crippen LogP) is 2.85. The Hall–Kier alpha value is -3.70. The second-order valence-electron chi connectivity index (χ2n) is 7.14. The van der Waals surface area contributed by atoms with E-state index in [0.717, 1.165) is 23.4 Å². The van der Waals surface area contributed by atoms with E-state index in [1.165, 1.54) is 23.6 Å². The highest BCUT2D eigenvalue weighted by Gasteiger charge is 2.30. The first-order chi connectivity index (χ1) is 15.0. The smallest absolute Gasteiger partial charge is 0.416 e. The number of nitrogens with one attached hydrogen (secondary N) is 1. The molecule has 0 spiro atoms. The first kappa shape index (κ1) is 23.0. The van der Waals surface area contributed by atoms with Gasteiger partial charge in [-0.3, -0.25) is 9.59 Å². The van der Waals surface area contributed by atoms with Gasteiger partial charge in [-0.2, -0.15) is 22.7 Å². The molecule has 3 aromatic rings. The van der Waals surface area contributed by atoms with E-state index in [9.17, 15) is 22.8 Å². The number of benzene rings is 1. The molecular formula is C20H21F3N6O3. The number of alkyl halides is 3. The average molecular weight is 450 g/mol. The van der Waals surface area contributed by atoms with Crippen LogP contribution in [0.15, 0.2) is 24.3 Å². The van der Waals surface area contributed by atoms with Crippen molar-refractivity contribution in [3.8, 4) is 0 Å². The highest BCUT2D eigenvalue weighted by atomic mass is 19.4. The first-order valence-electron chi connectivity index (χ1n) is 9.61. The Morgan fingerprint density at radius 1 is 1.25 bits per heavy atom. The monoisotopic (exact) mass is 450 g/mol. The molecule has 0 aliphatic heterocycles. The maximum atomic E-state index is 12.8. The van der Waals surface area contributed by atoms with E-state index in [1.54, 1.807) is 13.8 Å². The number of carbonyl (C=O) groups is 2. The van der Waals surface area contributed by atoms with Crippen LogP contribution < -0.4 is 11.1 Å². The number of fused-ring (bicyclic) bond motifs is 1. The van der Waals surface area contributed by atoms with Gasteiger partial charge in [0.2, 0.25) is 5.95 Å². The molecule has 0 saturated heterocycles. The van der Waals surface area contributed by atoms with Gasteiger partial charge >= 0.3 is 12.1 Å². The van der Waals surface area contributed by atoms with Crippen molar-refractivity contribution in [1.29, 1.82) is 0 Å². The minimum atomic E-state index is -4.54. The standard InChI is InChI=1S/C20H21F3N6O3/c1-10-15(11(2)29-19(25-10)27-18(24)28-29)7-8-16(30)32-12(3)17(31)26-14-6-4-5-13(9-14)20(21,22)23/h4-6,9,12H,7-8H2,1-3H3,(H2,24,28)(H,26,31). The number of anilines is 2. The number of hydrogen-bond acceptors (Lipinski definition) is 7. The summed E-state index contributed by atoms with van der Waals surface area (Å²) in [5.41, 5.74) is 6.79. The fourth-order valence-electron chi connectivity index (χ4n) is 3.14. The molecule has 2 aromatic heterocycles. The summed E-state index contributed by atoms with van der Waals surface area (Å²) in [7, 11) is 0. The Morgan fingerprint density at radius 2 is 1.97 bits per heavy atom. The van der Waals surface area contributed by atoms with E-state index in [-0.39, 0.29) is 24.5 Å². The van der Waals surface area contributed by atoms with Crippen LogP contribution in [0.2, 0.25) is 0 Å². The van der Waals surface area contributed by atoms with E-state index in [1.807, 2.05) is 0 Å². The molecule has 1 amide bonds. The molecule has 0 fully saturated rings. The van der Waals surface area contributed by atoms with Gasteiger partial charge in [0.25, 0.3) is 11.7 Å². The van der Waals surface area contributed by atoms with Gasteiger partial charge < -0.3 is 15.8 Å². The number of aromatic nitrogens is 4.